The number of fused-ring (bicyclic) bond motifs is 1. The second-order valence-corrected chi connectivity index (χ2v) is 6.46. The molecule has 1 aromatic carbocycles. The zero-order valence-corrected chi connectivity index (χ0v) is 15.9. The van der Waals surface area contributed by atoms with Gasteiger partial charge in [0.2, 0.25) is 11.9 Å². The van der Waals surface area contributed by atoms with E-state index in [-0.39, 0.29) is 23.4 Å². The summed E-state index contributed by atoms with van der Waals surface area (Å²) < 4.78 is 11.7. The van der Waals surface area contributed by atoms with Crippen LogP contribution in [0.5, 0.6) is 5.75 Å². The van der Waals surface area contributed by atoms with Crippen LogP contribution in [-0.4, -0.2) is 58.8 Å². The van der Waals surface area contributed by atoms with Crippen LogP contribution >= 0.6 is 0 Å². The molecule has 0 bridgehead atoms. The third-order valence-electron chi connectivity index (χ3n) is 4.53. The Balaban J connectivity index is 1.52. The number of anilines is 2. The number of morpholine rings is 1. The highest BCUT2D eigenvalue weighted by Gasteiger charge is 2.16. The van der Waals surface area contributed by atoms with Crippen LogP contribution in [0.3, 0.4) is 0 Å². The standard InChI is InChI=1S/C19H20N6O4/c1-28-14-4-2-3-13(9-14)22-16(26)11-25-12-21-17-15(18(25)27)10-20-19(23-17)24-5-7-29-8-6-24/h2-4,9-10,12H,5-8,11H2,1H3,(H,22,26). The predicted octanol–water partition coefficient (Wildman–Crippen LogP) is 0.670. The molecule has 2 aromatic heterocycles. The number of carbonyl (C=O) groups is 1. The van der Waals surface area contributed by atoms with E-state index in [9.17, 15) is 9.59 Å². The summed E-state index contributed by atoms with van der Waals surface area (Å²) >= 11 is 0. The molecule has 0 saturated carbocycles. The first-order chi connectivity index (χ1) is 14.1. The van der Waals surface area contributed by atoms with Gasteiger partial charge in [0.05, 0.1) is 20.3 Å². The maximum Gasteiger partial charge on any atom is 0.264 e. The van der Waals surface area contributed by atoms with E-state index < -0.39 is 0 Å². The molecule has 3 heterocycles. The van der Waals surface area contributed by atoms with Gasteiger partial charge in [-0.2, -0.15) is 4.98 Å². The van der Waals surface area contributed by atoms with Gasteiger partial charge >= 0.3 is 0 Å². The van der Waals surface area contributed by atoms with Crippen LogP contribution in [0.25, 0.3) is 11.0 Å². The molecule has 10 nitrogen and oxygen atoms in total. The molecule has 29 heavy (non-hydrogen) atoms. The molecule has 0 aliphatic carbocycles. The van der Waals surface area contributed by atoms with Crippen molar-refractivity contribution in [3.05, 3.63) is 47.1 Å². The molecule has 1 amide bonds. The van der Waals surface area contributed by atoms with Crippen molar-refractivity contribution in [2.45, 2.75) is 6.54 Å². The number of carbonyl (C=O) groups excluding carboxylic acids is 1. The van der Waals surface area contributed by atoms with Crippen molar-refractivity contribution in [1.29, 1.82) is 0 Å². The molecule has 0 unspecified atom stereocenters. The van der Waals surface area contributed by atoms with Crippen molar-refractivity contribution in [1.82, 2.24) is 19.5 Å². The molecule has 0 spiro atoms. The van der Waals surface area contributed by atoms with Gasteiger partial charge in [-0.3, -0.25) is 14.2 Å². The second kappa shape index (κ2) is 8.23. The molecule has 1 fully saturated rings. The number of aromatic nitrogens is 4. The number of methoxy groups -OCH3 is 1. The molecule has 0 atom stereocenters. The summed E-state index contributed by atoms with van der Waals surface area (Å²) in [6.45, 7) is 2.42. The number of nitrogens with one attached hydrogen (secondary N) is 1. The molecule has 1 saturated heterocycles. The van der Waals surface area contributed by atoms with Gasteiger partial charge in [-0.25, -0.2) is 9.97 Å². The number of ether oxygens (including phenoxy) is 2. The topological polar surface area (TPSA) is 111 Å². The Hall–Kier alpha value is -3.53. The number of amides is 1. The molecule has 0 radical (unpaired) electrons. The largest absolute Gasteiger partial charge is 0.497 e. The molecule has 150 valence electrons. The second-order valence-electron chi connectivity index (χ2n) is 6.46. The van der Waals surface area contributed by atoms with Crippen LogP contribution in [0.4, 0.5) is 11.6 Å². The minimum atomic E-state index is -0.371. The van der Waals surface area contributed by atoms with Gasteiger partial charge in [0, 0.05) is 31.0 Å². The normalized spacial score (nSPS) is 14.0. The number of hydrogen-bond acceptors (Lipinski definition) is 8. The Bertz CT molecular complexity index is 1090. The number of rotatable bonds is 5. The van der Waals surface area contributed by atoms with Crippen LogP contribution in [0.2, 0.25) is 0 Å². The van der Waals surface area contributed by atoms with Gasteiger partial charge in [0.15, 0.2) is 5.65 Å². The quantitative estimate of drug-likeness (QED) is 0.670. The lowest BCUT2D eigenvalue weighted by molar-refractivity contribution is -0.116. The summed E-state index contributed by atoms with van der Waals surface area (Å²) in [6.07, 6.45) is 2.78. The number of nitrogens with zero attached hydrogens (tertiary/aromatic N) is 5. The lowest BCUT2D eigenvalue weighted by Crippen LogP contribution is -2.37. The molecule has 10 heteroatoms. The first-order valence-electron chi connectivity index (χ1n) is 9.13. The number of hydrogen-bond donors (Lipinski definition) is 1. The maximum atomic E-state index is 12.7. The van der Waals surface area contributed by atoms with Gasteiger partial charge in [0.25, 0.3) is 5.56 Å². The molecule has 4 rings (SSSR count). The zero-order valence-electron chi connectivity index (χ0n) is 15.9. The highest BCUT2D eigenvalue weighted by molar-refractivity contribution is 5.90. The fourth-order valence-corrected chi connectivity index (χ4v) is 3.03. The van der Waals surface area contributed by atoms with Crippen molar-refractivity contribution < 1.29 is 14.3 Å². The molecular formula is C19H20N6O4. The van der Waals surface area contributed by atoms with E-state index in [1.165, 1.54) is 17.1 Å². The average Bonchev–Trinajstić information content (AvgIpc) is 2.76. The third-order valence-corrected chi connectivity index (χ3v) is 4.53. The monoisotopic (exact) mass is 396 g/mol. The van der Waals surface area contributed by atoms with Gasteiger partial charge in [-0.05, 0) is 12.1 Å². The minimum Gasteiger partial charge on any atom is -0.497 e. The molecule has 1 aliphatic rings. The Kier molecular flexibility index (Phi) is 5.34. The lowest BCUT2D eigenvalue weighted by Gasteiger charge is -2.26. The summed E-state index contributed by atoms with van der Waals surface area (Å²) in [5.41, 5.74) is 0.509. The average molecular weight is 396 g/mol. The van der Waals surface area contributed by atoms with Gasteiger partial charge in [-0.15, -0.1) is 0 Å². The van der Waals surface area contributed by atoms with Crippen molar-refractivity contribution in [2.24, 2.45) is 0 Å². The van der Waals surface area contributed by atoms with E-state index in [0.29, 0.717) is 49.3 Å². The predicted molar refractivity (Wildman–Crippen MR) is 106 cm³/mol. The Morgan fingerprint density at radius 1 is 1.28 bits per heavy atom. The van der Waals surface area contributed by atoms with Crippen molar-refractivity contribution >= 4 is 28.6 Å². The van der Waals surface area contributed by atoms with Gasteiger partial charge < -0.3 is 19.7 Å². The van der Waals surface area contributed by atoms with E-state index in [1.54, 1.807) is 31.4 Å². The first kappa shape index (κ1) is 18.8. The summed E-state index contributed by atoms with van der Waals surface area (Å²) in [6, 6.07) is 6.98. The SMILES string of the molecule is COc1cccc(NC(=O)Cn2cnc3nc(N4CCOCC4)ncc3c2=O)c1. The van der Waals surface area contributed by atoms with Gasteiger partial charge in [0.1, 0.15) is 24.0 Å². The minimum absolute atomic E-state index is 0.176. The zero-order chi connectivity index (χ0) is 20.2. The van der Waals surface area contributed by atoms with Crippen LogP contribution in [0.15, 0.2) is 41.6 Å². The highest BCUT2D eigenvalue weighted by Crippen LogP contribution is 2.16. The summed E-state index contributed by atoms with van der Waals surface area (Å²) in [5.74, 6) is 0.786. The van der Waals surface area contributed by atoms with Crippen LogP contribution in [0, 0.1) is 0 Å². The van der Waals surface area contributed by atoms with Crippen molar-refractivity contribution in [2.75, 3.05) is 43.6 Å². The fraction of sp³-hybridized carbons (Fsp3) is 0.316. The summed E-state index contributed by atoms with van der Waals surface area (Å²) in [5, 5.41) is 3.00. The van der Waals surface area contributed by atoms with E-state index in [1.807, 2.05) is 4.90 Å². The Morgan fingerprint density at radius 3 is 2.90 bits per heavy atom. The molecule has 1 N–H and O–H groups in total. The smallest absolute Gasteiger partial charge is 0.264 e. The Morgan fingerprint density at radius 2 is 2.10 bits per heavy atom. The van der Waals surface area contributed by atoms with E-state index >= 15 is 0 Å². The maximum absolute atomic E-state index is 12.7. The summed E-state index contributed by atoms with van der Waals surface area (Å²) in [7, 11) is 1.55. The van der Waals surface area contributed by atoms with Crippen molar-refractivity contribution in [3.8, 4) is 5.75 Å². The van der Waals surface area contributed by atoms with Crippen LogP contribution in [0.1, 0.15) is 0 Å². The van der Waals surface area contributed by atoms with Gasteiger partial charge in [-0.1, -0.05) is 6.07 Å². The van der Waals surface area contributed by atoms with E-state index in [0.717, 1.165) is 0 Å². The molecular weight excluding hydrogens is 376 g/mol. The molecule has 1 aliphatic heterocycles. The first-order valence-corrected chi connectivity index (χ1v) is 9.13. The number of benzene rings is 1. The van der Waals surface area contributed by atoms with Crippen LogP contribution < -0.4 is 20.5 Å². The highest BCUT2D eigenvalue weighted by atomic mass is 16.5. The lowest BCUT2D eigenvalue weighted by atomic mass is 10.3. The van der Waals surface area contributed by atoms with E-state index in [2.05, 4.69) is 20.3 Å². The van der Waals surface area contributed by atoms with Crippen LogP contribution in [-0.2, 0) is 16.1 Å². The van der Waals surface area contributed by atoms with Crippen molar-refractivity contribution in [3.63, 3.8) is 0 Å². The Labute approximate surface area is 166 Å². The third kappa shape index (κ3) is 4.16. The molecule has 3 aromatic rings. The van der Waals surface area contributed by atoms with E-state index in [4.69, 9.17) is 9.47 Å². The summed E-state index contributed by atoms with van der Waals surface area (Å²) in [4.78, 5) is 40.0. The fourth-order valence-electron chi connectivity index (χ4n) is 3.03.